The fourth-order valence-electron chi connectivity index (χ4n) is 2.97. The van der Waals surface area contributed by atoms with Crippen molar-refractivity contribution in [2.75, 3.05) is 5.32 Å². The molecule has 164 valence electrons. The van der Waals surface area contributed by atoms with E-state index in [-0.39, 0.29) is 17.7 Å². The predicted molar refractivity (Wildman–Crippen MR) is 122 cm³/mol. The van der Waals surface area contributed by atoms with Crippen molar-refractivity contribution in [2.45, 2.75) is 39.0 Å². The van der Waals surface area contributed by atoms with Crippen LogP contribution in [0.1, 0.15) is 39.0 Å². The van der Waals surface area contributed by atoms with Gasteiger partial charge in [0.05, 0.1) is 6.20 Å². The summed E-state index contributed by atoms with van der Waals surface area (Å²) >= 11 is 5.91. The van der Waals surface area contributed by atoms with E-state index in [1.165, 1.54) is 0 Å². The van der Waals surface area contributed by atoms with E-state index in [1.807, 2.05) is 57.2 Å². The largest absolute Gasteiger partial charge is 0.441 e. The summed E-state index contributed by atoms with van der Waals surface area (Å²) in [4.78, 5) is 21.0. The molecule has 2 heterocycles. The molecule has 2 aromatic heterocycles. The molecule has 0 saturated carbocycles. The van der Waals surface area contributed by atoms with Gasteiger partial charge in [0, 0.05) is 40.1 Å². The Bertz CT molecular complexity index is 1210. The third kappa shape index (κ3) is 5.23. The number of carbonyl (C=O) groups excluding carboxylic acids is 1. The number of halogens is 1. The Hall–Kier alpha value is -3.45. The first kappa shape index (κ1) is 21.8. The van der Waals surface area contributed by atoms with Gasteiger partial charge in [0.25, 0.3) is 0 Å². The van der Waals surface area contributed by atoms with Gasteiger partial charge in [-0.05, 0) is 48.5 Å². The van der Waals surface area contributed by atoms with Crippen LogP contribution in [0.15, 0.2) is 63.7 Å². The predicted octanol–water partition coefficient (Wildman–Crippen LogP) is 5.91. The summed E-state index contributed by atoms with van der Waals surface area (Å²) in [6.45, 7) is 6.04. The second kappa shape index (κ2) is 8.96. The molecule has 0 atom stereocenters. The molecule has 0 aliphatic rings. The Labute approximate surface area is 190 Å². The van der Waals surface area contributed by atoms with E-state index >= 15 is 0 Å². The lowest BCUT2D eigenvalue weighted by molar-refractivity contribution is -0.116. The minimum absolute atomic E-state index is 0.126. The van der Waals surface area contributed by atoms with Gasteiger partial charge in [-0.15, -0.1) is 0 Å². The molecule has 0 radical (unpaired) electrons. The van der Waals surface area contributed by atoms with Crippen LogP contribution in [-0.4, -0.2) is 21.0 Å². The first-order valence-electron chi connectivity index (χ1n) is 10.2. The van der Waals surface area contributed by atoms with Crippen molar-refractivity contribution < 1.29 is 13.7 Å². The molecule has 0 bridgehead atoms. The molecule has 0 spiro atoms. The van der Waals surface area contributed by atoms with Crippen LogP contribution in [-0.2, 0) is 16.6 Å². The summed E-state index contributed by atoms with van der Waals surface area (Å²) in [5.41, 5.74) is 2.18. The average Bonchev–Trinajstić information content (AvgIpc) is 3.43. The molecular weight excluding hydrogens is 428 g/mol. The van der Waals surface area contributed by atoms with Gasteiger partial charge in [0.15, 0.2) is 11.7 Å². The third-order valence-corrected chi connectivity index (χ3v) is 4.99. The third-order valence-electron chi connectivity index (χ3n) is 4.74. The van der Waals surface area contributed by atoms with Crippen molar-refractivity contribution in [1.82, 2.24) is 15.1 Å². The SMILES string of the molecule is CC(C)(C)c1nc(-c2ccc(NC(=O)CCc3ncc(-c4ccc(Cl)cc4)o3)cc2)no1. The zero-order valence-corrected chi connectivity index (χ0v) is 18.8. The first-order chi connectivity index (χ1) is 15.3. The second-order valence-corrected chi connectivity index (χ2v) is 8.86. The molecule has 2 aromatic carbocycles. The van der Waals surface area contributed by atoms with Crippen molar-refractivity contribution in [1.29, 1.82) is 0 Å². The maximum Gasteiger partial charge on any atom is 0.232 e. The fourth-order valence-corrected chi connectivity index (χ4v) is 3.09. The van der Waals surface area contributed by atoms with Crippen molar-refractivity contribution in [2.24, 2.45) is 0 Å². The molecular formula is C24H23ClN4O3. The molecule has 0 unspecified atom stereocenters. The standard InChI is InChI=1S/C24H23ClN4O3/c1-24(2,3)23-28-22(29-32-23)16-6-10-18(11-7-16)27-20(30)12-13-21-26-14-19(31-21)15-4-8-17(25)9-5-15/h4-11,14H,12-13H2,1-3H3,(H,27,30). The smallest absolute Gasteiger partial charge is 0.232 e. The molecule has 8 heteroatoms. The molecule has 0 fully saturated rings. The zero-order valence-electron chi connectivity index (χ0n) is 18.1. The number of hydrogen-bond acceptors (Lipinski definition) is 6. The van der Waals surface area contributed by atoms with Crippen LogP contribution in [0.3, 0.4) is 0 Å². The van der Waals surface area contributed by atoms with Gasteiger partial charge in [-0.25, -0.2) is 4.98 Å². The Kier molecular flexibility index (Phi) is 6.10. The Morgan fingerprint density at radius 2 is 1.72 bits per heavy atom. The number of carbonyl (C=O) groups is 1. The maximum absolute atomic E-state index is 12.3. The number of anilines is 1. The van der Waals surface area contributed by atoms with E-state index in [2.05, 4.69) is 20.4 Å². The molecule has 32 heavy (non-hydrogen) atoms. The topological polar surface area (TPSA) is 94.1 Å². The highest BCUT2D eigenvalue weighted by Crippen LogP contribution is 2.25. The van der Waals surface area contributed by atoms with Crippen LogP contribution in [0.4, 0.5) is 5.69 Å². The molecule has 4 rings (SSSR count). The number of nitrogens with zero attached hydrogens (tertiary/aromatic N) is 3. The van der Waals surface area contributed by atoms with Crippen molar-refractivity contribution >= 4 is 23.2 Å². The maximum atomic E-state index is 12.3. The summed E-state index contributed by atoms with van der Waals surface area (Å²) in [6.07, 6.45) is 2.30. The molecule has 4 aromatic rings. The molecule has 0 aliphatic heterocycles. The van der Waals surface area contributed by atoms with Gasteiger partial charge in [-0.3, -0.25) is 4.79 Å². The molecule has 1 N–H and O–H groups in total. The quantitative estimate of drug-likeness (QED) is 0.392. The summed E-state index contributed by atoms with van der Waals surface area (Å²) in [7, 11) is 0. The lowest BCUT2D eigenvalue weighted by Crippen LogP contribution is -2.12. The monoisotopic (exact) mass is 450 g/mol. The van der Waals surface area contributed by atoms with Crippen molar-refractivity contribution in [3.8, 4) is 22.7 Å². The summed E-state index contributed by atoms with van der Waals surface area (Å²) in [6, 6.07) is 14.6. The molecule has 1 amide bonds. The highest BCUT2D eigenvalue weighted by atomic mass is 35.5. The van der Waals surface area contributed by atoms with E-state index in [0.29, 0.717) is 40.5 Å². The van der Waals surface area contributed by atoms with Gasteiger partial charge in [0.2, 0.25) is 17.6 Å². The number of amides is 1. The van der Waals surface area contributed by atoms with Gasteiger partial charge >= 0.3 is 0 Å². The number of aryl methyl sites for hydroxylation is 1. The fraction of sp³-hybridized carbons (Fsp3) is 0.250. The Balaban J connectivity index is 1.32. The van der Waals surface area contributed by atoms with Gasteiger partial charge in [-0.1, -0.05) is 37.5 Å². The number of aromatic nitrogens is 3. The van der Waals surface area contributed by atoms with E-state index in [9.17, 15) is 4.79 Å². The number of nitrogens with one attached hydrogen (secondary N) is 1. The summed E-state index contributed by atoms with van der Waals surface area (Å²) in [5.74, 6) is 2.12. The normalized spacial score (nSPS) is 11.5. The lowest BCUT2D eigenvalue weighted by Gasteiger charge is -2.10. The van der Waals surface area contributed by atoms with Crippen LogP contribution in [0.25, 0.3) is 22.7 Å². The highest BCUT2D eigenvalue weighted by molar-refractivity contribution is 6.30. The van der Waals surface area contributed by atoms with Gasteiger partial charge < -0.3 is 14.3 Å². The highest BCUT2D eigenvalue weighted by Gasteiger charge is 2.22. The molecule has 7 nitrogen and oxygen atoms in total. The van der Waals surface area contributed by atoms with E-state index in [4.69, 9.17) is 20.5 Å². The van der Waals surface area contributed by atoms with Crippen LogP contribution in [0, 0.1) is 0 Å². The Morgan fingerprint density at radius 1 is 1.03 bits per heavy atom. The lowest BCUT2D eigenvalue weighted by atomic mass is 9.97. The molecule has 0 aliphatic carbocycles. The minimum atomic E-state index is -0.211. The zero-order chi connectivity index (χ0) is 22.7. The average molecular weight is 451 g/mol. The molecule has 0 saturated heterocycles. The number of hydrogen-bond donors (Lipinski definition) is 1. The number of rotatable bonds is 6. The number of oxazole rings is 1. The Morgan fingerprint density at radius 3 is 2.38 bits per heavy atom. The summed E-state index contributed by atoms with van der Waals surface area (Å²) in [5, 5.41) is 7.57. The first-order valence-corrected chi connectivity index (χ1v) is 10.6. The van der Waals surface area contributed by atoms with Crippen molar-refractivity contribution in [3.63, 3.8) is 0 Å². The van der Waals surface area contributed by atoms with E-state index in [1.54, 1.807) is 18.3 Å². The summed E-state index contributed by atoms with van der Waals surface area (Å²) < 4.78 is 11.1. The van der Waals surface area contributed by atoms with E-state index < -0.39 is 0 Å². The minimum Gasteiger partial charge on any atom is -0.441 e. The van der Waals surface area contributed by atoms with Crippen LogP contribution in [0.5, 0.6) is 0 Å². The van der Waals surface area contributed by atoms with Crippen LogP contribution >= 0.6 is 11.6 Å². The van der Waals surface area contributed by atoms with Crippen molar-refractivity contribution in [3.05, 3.63) is 71.5 Å². The van der Waals surface area contributed by atoms with Crippen LogP contribution in [0.2, 0.25) is 5.02 Å². The van der Waals surface area contributed by atoms with Gasteiger partial charge in [0.1, 0.15) is 0 Å². The van der Waals surface area contributed by atoms with E-state index in [0.717, 1.165) is 11.1 Å². The van der Waals surface area contributed by atoms with Crippen LogP contribution < -0.4 is 5.32 Å². The van der Waals surface area contributed by atoms with Gasteiger partial charge in [-0.2, -0.15) is 4.98 Å². The second-order valence-electron chi connectivity index (χ2n) is 8.42. The number of benzene rings is 2.